The molecule has 1 aliphatic carbocycles. The zero-order chi connectivity index (χ0) is 14.4. The van der Waals surface area contributed by atoms with Gasteiger partial charge in [-0.25, -0.2) is 0 Å². The highest BCUT2D eigenvalue weighted by Crippen LogP contribution is 2.47. The largest absolute Gasteiger partial charge is 0.379 e. The molecule has 4 rings (SSSR count). The van der Waals surface area contributed by atoms with Crippen LogP contribution >= 0.6 is 11.6 Å². The average molecular weight is 307 g/mol. The molecule has 1 spiro atoms. The number of hydrogen-bond acceptors (Lipinski definition) is 3. The van der Waals surface area contributed by atoms with Crippen molar-refractivity contribution in [3.05, 3.63) is 34.9 Å². The lowest BCUT2D eigenvalue weighted by Crippen LogP contribution is -2.45. The standard InChI is InChI=1S/C16H19ClN2O2/c17-12-4-1-3-11(9-12)14-18-16(6-7-16)15(20)19(14)13-5-2-8-21-10-13/h1,3-4,9,13-14,18H,2,5-8,10H2. The number of amides is 1. The summed E-state index contributed by atoms with van der Waals surface area (Å²) in [7, 11) is 0. The Balaban J connectivity index is 1.68. The maximum absolute atomic E-state index is 12.8. The summed E-state index contributed by atoms with van der Waals surface area (Å²) in [6.45, 7) is 1.44. The van der Waals surface area contributed by atoms with Crippen molar-refractivity contribution in [2.75, 3.05) is 13.2 Å². The third-order valence-corrected chi connectivity index (χ3v) is 5.01. The van der Waals surface area contributed by atoms with Crippen LogP contribution in [0.2, 0.25) is 5.02 Å². The molecule has 2 unspecified atom stereocenters. The van der Waals surface area contributed by atoms with Crippen LogP contribution in [0.1, 0.15) is 37.4 Å². The summed E-state index contributed by atoms with van der Waals surface area (Å²) in [6, 6.07) is 7.96. The topological polar surface area (TPSA) is 41.6 Å². The Hall–Kier alpha value is -1.10. The molecule has 1 aromatic carbocycles. The number of ether oxygens (including phenoxy) is 1. The first-order valence-electron chi connectivity index (χ1n) is 7.63. The van der Waals surface area contributed by atoms with Gasteiger partial charge in [-0.2, -0.15) is 0 Å². The molecular weight excluding hydrogens is 288 g/mol. The van der Waals surface area contributed by atoms with Gasteiger partial charge in [-0.05, 0) is 43.4 Å². The van der Waals surface area contributed by atoms with Gasteiger partial charge in [-0.15, -0.1) is 0 Å². The lowest BCUT2D eigenvalue weighted by molar-refractivity contribution is -0.136. The molecule has 1 N–H and O–H groups in total. The van der Waals surface area contributed by atoms with Crippen molar-refractivity contribution in [1.82, 2.24) is 10.2 Å². The van der Waals surface area contributed by atoms with Gasteiger partial charge in [0.05, 0.1) is 12.6 Å². The van der Waals surface area contributed by atoms with E-state index in [9.17, 15) is 4.79 Å². The van der Waals surface area contributed by atoms with E-state index in [0.717, 1.165) is 37.9 Å². The molecule has 3 fully saturated rings. The molecular formula is C16H19ClN2O2. The maximum Gasteiger partial charge on any atom is 0.244 e. The Bertz CT molecular complexity index is 567. The Labute approximate surface area is 129 Å². The number of benzene rings is 1. The number of rotatable bonds is 2. The van der Waals surface area contributed by atoms with Crippen LogP contribution in [0.25, 0.3) is 0 Å². The third kappa shape index (κ3) is 2.26. The van der Waals surface area contributed by atoms with E-state index in [1.807, 2.05) is 29.2 Å². The fourth-order valence-electron chi connectivity index (χ4n) is 3.48. The number of carbonyl (C=O) groups excluding carboxylic acids is 1. The monoisotopic (exact) mass is 306 g/mol. The van der Waals surface area contributed by atoms with Crippen LogP contribution in [-0.4, -0.2) is 35.6 Å². The van der Waals surface area contributed by atoms with Gasteiger partial charge in [0.1, 0.15) is 11.7 Å². The van der Waals surface area contributed by atoms with Crippen molar-refractivity contribution in [3.63, 3.8) is 0 Å². The summed E-state index contributed by atoms with van der Waals surface area (Å²) in [5, 5.41) is 4.25. The maximum atomic E-state index is 12.8. The van der Waals surface area contributed by atoms with Crippen molar-refractivity contribution in [3.8, 4) is 0 Å². The van der Waals surface area contributed by atoms with Gasteiger partial charge in [0.2, 0.25) is 5.91 Å². The van der Waals surface area contributed by atoms with E-state index in [4.69, 9.17) is 16.3 Å². The summed E-state index contributed by atoms with van der Waals surface area (Å²) >= 11 is 6.12. The second-order valence-corrected chi connectivity index (χ2v) is 6.70. The van der Waals surface area contributed by atoms with Gasteiger partial charge in [-0.3, -0.25) is 10.1 Å². The minimum absolute atomic E-state index is 0.0783. The van der Waals surface area contributed by atoms with E-state index in [0.29, 0.717) is 11.6 Å². The zero-order valence-corrected chi connectivity index (χ0v) is 12.6. The van der Waals surface area contributed by atoms with Crippen LogP contribution in [-0.2, 0) is 9.53 Å². The average Bonchev–Trinajstić information content (AvgIpc) is 3.22. The minimum Gasteiger partial charge on any atom is -0.379 e. The SMILES string of the molecule is O=C1N(C2CCCOC2)C(c2cccc(Cl)c2)NC12CC2. The number of nitrogens with zero attached hydrogens (tertiary/aromatic N) is 1. The highest BCUT2D eigenvalue weighted by Gasteiger charge is 2.60. The van der Waals surface area contributed by atoms with Gasteiger partial charge in [0, 0.05) is 11.6 Å². The molecule has 3 aliphatic rings. The minimum atomic E-state index is -0.315. The fraction of sp³-hybridized carbons (Fsp3) is 0.562. The predicted molar refractivity (Wildman–Crippen MR) is 80.0 cm³/mol. The van der Waals surface area contributed by atoms with Crippen molar-refractivity contribution in [2.45, 2.75) is 43.4 Å². The van der Waals surface area contributed by atoms with Gasteiger partial charge >= 0.3 is 0 Å². The number of carbonyl (C=O) groups is 1. The molecule has 1 saturated carbocycles. The van der Waals surface area contributed by atoms with E-state index in [1.54, 1.807) is 0 Å². The van der Waals surface area contributed by atoms with Gasteiger partial charge in [0.15, 0.2) is 0 Å². The van der Waals surface area contributed by atoms with Gasteiger partial charge < -0.3 is 9.64 Å². The first kappa shape index (κ1) is 13.6. The highest BCUT2D eigenvalue weighted by atomic mass is 35.5. The molecule has 2 aliphatic heterocycles. The molecule has 21 heavy (non-hydrogen) atoms. The lowest BCUT2D eigenvalue weighted by atomic mass is 10.1. The quantitative estimate of drug-likeness (QED) is 0.913. The summed E-state index contributed by atoms with van der Waals surface area (Å²) < 4.78 is 5.59. The summed E-state index contributed by atoms with van der Waals surface area (Å²) in [5.74, 6) is 0.239. The lowest BCUT2D eigenvalue weighted by Gasteiger charge is -2.35. The van der Waals surface area contributed by atoms with Crippen molar-refractivity contribution < 1.29 is 9.53 Å². The van der Waals surface area contributed by atoms with E-state index in [-0.39, 0.29) is 23.7 Å². The van der Waals surface area contributed by atoms with Gasteiger partial charge in [0.25, 0.3) is 0 Å². The summed E-state index contributed by atoms with van der Waals surface area (Å²) in [5.41, 5.74) is 0.745. The Morgan fingerprint density at radius 3 is 2.90 bits per heavy atom. The molecule has 2 saturated heterocycles. The Kier molecular flexibility index (Phi) is 3.21. The Morgan fingerprint density at radius 1 is 1.38 bits per heavy atom. The first-order valence-corrected chi connectivity index (χ1v) is 8.01. The molecule has 0 bridgehead atoms. The van der Waals surface area contributed by atoms with Crippen LogP contribution in [0.3, 0.4) is 0 Å². The number of halogens is 1. The normalized spacial score (nSPS) is 30.9. The zero-order valence-electron chi connectivity index (χ0n) is 11.8. The molecule has 0 radical (unpaired) electrons. The van der Waals surface area contributed by atoms with Crippen LogP contribution in [0.5, 0.6) is 0 Å². The van der Waals surface area contributed by atoms with Crippen LogP contribution in [0, 0.1) is 0 Å². The second kappa shape index (κ2) is 4.97. The van der Waals surface area contributed by atoms with Crippen molar-refractivity contribution in [1.29, 1.82) is 0 Å². The van der Waals surface area contributed by atoms with E-state index in [1.165, 1.54) is 0 Å². The first-order chi connectivity index (χ1) is 10.2. The van der Waals surface area contributed by atoms with Crippen molar-refractivity contribution in [2.24, 2.45) is 0 Å². The Morgan fingerprint density at radius 2 is 2.24 bits per heavy atom. The van der Waals surface area contributed by atoms with E-state index in [2.05, 4.69) is 5.32 Å². The van der Waals surface area contributed by atoms with Crippen LogP contribution in [0.15, 0.2) is 24.3 Å². The highest BCUT2D eigenvalue weighted by molar-refractivity contribution is 6.30. The van der Waals surface area contributed by atoms with Crippen LogP contribution in [0.4, 0.5) is 0 Å². The number of nitrogens with one attached hydrogen (secondary N) is 1. The van der Waals surface area contributed by atoms with Crippen molar-refractivity contribution >= 4 is 17.5 Å². The molecule has 0 aromatic heterocycles. The molecule has 2 atom stereocenters. The van der Waals surface area contributed by atoms with Crippen LogP contribution < -0.4 is 5.32 Å². The molecule has 5 heteroatoms. The summed E-state index contributed by atoms with van der Waals surface area (Å²) in [6.07, 6.45) is 3.83. The predicted octanol–water partition coefficient (Wildman–Crippen LogP) is 2.48. The number of hydrogen-bond donors (Lipinski definition) is 1. The molecule has 2 heterocycles. The van der Waals surface area contributed by atoms with E-state index < -0.39 is 0 Å². The van der Waals surface area contributed by atoms with E-state index >= 15 is 0 Å². The van der Waals surface area contributed by atoms with Gasteiger partial charge in [-0.1, -0.05) is 23.7 Å². The second-order valence-electron chi connectivity index (χ2n) is 6.27. The fourth-order valence-corrected chi connectivity index (χ4v) is 3.68. The third-order valence-electron chi connectivity index (χ3n) is 4.78. The smallest absolute Gasteiger partial charge is 0.244 e. The molecule has 1 aromatic rings. The molecule has 1 amide bonds. The molecule has 4 nitrogen and oxygen atoms in total. The molecule has 112 valence electrons. The summed E-state index contributed by atoms with van der Waals surface area (Å²) in [4.78, 5) is 14.8.